The van der Waals surface area contributed by atoms with Gasteiger partial charge in [0.2, 0.25) is 0 Å². The first kappa shape index (κ1) is 17.2. The second kappa shape index (κ2) is 7.09. The third-order valence-corrected chi connectivity index (χ3v) is 4.79. The van der Waals surface area contributed by atoms with E-state index in [4.69, 9.17) is 0 Å². The molecule has 1 amide bonds. The Morgan fingerprint density at radius 3 is 2.40 bits per heavy atom. The largest absolute Gasteiger partial charge is 0.376 e. The van der Waals surface area contributed by atoms with E-state index in [0.717, 1.165) is 35.7 Å². The highest BCUT2D eigenvalue weighted by molar-refractivity contribution is 5.94. The number of hydrogen-bond acceptors (Lipinski definition) is 5. The van der Waals surface area contributed by atoms with E-state index < -0.39 is 0 Å². The van der Waals surface area contributed by atoms with Gasteiger partial charge in [0.15, 0.2) is 5.82 Å². The van der Waals surface area contributed by atoms with Crippen molar-refractivity contribution < 1.29 is 4.79 Å². The number of piperazine rings is 1. The number of benzene rings is 1. The van der Waals surface area contributed by atoms with Crippen molar-refractivity contribution in [2.75, 3.05) is 50.1 Å². The number of rotatable bonds is 3. The van der Waals surface area contributed by atoms with Gasteiger partial charge in [0, 0.05) is 51.9 Å². The lowest BCUT2D eigenvalue weighted by molar-refractivity contribution is 0.0746. The summed E-state index contributed by atoms with van der Waals surface area (Å²) in [5, 5.41) is 8.33. The van der Waals surface area contributed by atoms with Crippen LogP contribution < -0.4 is 9.80 Å². The molecule has 0 N–H and O–H groups in total. The lowest BCUT2D eigenvalue weighted by Crippen LogP contribution is -2.49. The summed E-state index contributed by atoms with van der Waals surface area (Å²) in [5.41, 5.74) is 4.16. The van der Waals surface area contributed by atoms with Crippen LogP contribution in [0.2, 0.25) is 0 Å². The van der Waals surface area contributed by atoms with Crippen molar-refractivity contribution in [3.8, 4) is 0 Å². The number of amides is 1. The summed E-state index contributed by atoms with van der Waals surface area (Å²) in [5.74, 6) is 0.973. The first-order chi connectivity index (χ1) is 12.0. The molecule has 2 aromatic rings. The molecule has 1 aromatic heterocycles. The van der Waals surface area contributed by atoms with Crippen LogP contribution >= 0.6 is 0 Å². The van der Waals surface area contributed by atoms with Gasteiger partial charge in [-0.2, -0.15) is 5.10 Å². The van der Waals surface area contributed by atoms with Crippen LogP contribution in [-0.4, -0.2) is 61.3 Å². The topological polar surface area (TPSA) is 52.6 Å². The molecule has 0 unspecified atom stereocenters. The Morgan fingerprint density at radius 2 is 1.76 bits per heavy atom. The Bertz CT molecular complexity index is 766. The number of hydrogen-bond donors (Lipinski definition) is 0. The fourth-order valence-corrected chi connectivity index (χ4v) is 2.94. The predicted octanol–water partition coefficient (Wildman–Crippen LogP) is 2.12. The molecule has 1 aliphatic heterocycles. The molecule has 1 aliphatic rings. The zero-order valence-corrected chi connectivity index (χ0v) is 15.4. The van der Waals surface area contributed by atoms with Crippen molar-refractivity contribution in [2.45, 2.75) is 13.8 Å². The quantitative estimate of drug-likeness (QED) is 0.857. The minimum Gasteiger partial charge on any atom is -0.376 e. The van der Waals surface area contributed by atoms with E-state index in [1.165, 1.54) is 5.56 Å². The summed E-state index contributed by atoms with van der Waals surface area (Å²) in [7, 11) is 3.97. The maximum absolute atomic E-state index is 12.7. The lowest BCUT2D eigenvalue weighted by Gasteiger charge is -2.35. The molecule has 132 valence electrons. The summed E-state index contributed by atoms with van der Waals surface area (Å²) in [6, 6.07) is 7.95. The third-order valence-electron chi connectivity index (χ3n) is 4.79. The van der Waals surface area contributed by atoms with E-state index in [0.29, 0.717) is 13.1 Å². The number of carbonyl (C=O) groups excluding carboxylic acids is 1. The monoisotopic (exact) mass is 339 g/mol. The van der Waals surface area contributed by atoms with Gasteiger partial charge in [-0.15, -0.1) is 5.10 Å². The van der Waals surface area contributed by atoms with Gasteiger partial charge in [-0.1, -0.05) is 6.07 Å². The Morgan fingerprint density at radius 1 is 1.04 bits per heavy atom. The summed E-state index contributed by atoms with van der Waals surface area (Å²) in [6.45, 7) is 7.02. The second-order valence-corrected chi connectivity index (χ2v) is 6.74. The predicted molar refractivity (Wildman–Crippen MR) is 100 cm³/mol. The lowest BCUT2D eigenvalue weighted by atomic mass is 10.1. The molecule has 1 fully saturated rings. The number of nitrogens with zero attached hydrogens (tertiary/aromatic N) is 5. The van der Waals surface area contributed by atoms with Gasteiger partial charge in [0.25, 0.3) is 5.91 Å². The van der Waals surface area contributed by atoms with E-state index in [2.05, 4.69) is 22.0 Å². The highest BCUT2D eigenvalue weighted by Crippen LogP contribution is 2.19. The molecule has 1 aromatic carbocycles. The molecule has 6 heteroatoms. The SMILES string of the molecule is Cc1ccc(C(=O)N2CCN(c3cc(N(C)C)cnn3)CC2)cc1C. The third kappa shape index (κ3) is 3.73. The zero-order valence-electron chi connectivity index (χ0n) is 15.4. The smallest absolute Gasteiger partial charge is 0.253 e. The van der Waals surface area contributed by atoms with Crippen LogP contribution in [0.4, 0.5) is 11.5 Å². The van der Waals surface area contributed by atoms with E-state index in [9.17, 15) is 4.79 Å². The summed E-state index contributed by atoms with van der Waals surface area (Å²) in [6.07, 6.45) is 1.75. The molecular formula is C19H25N5O. The van der Waals surface area contributed by atoms with Crippen LogP contribution in [-0.2, 0) is 0 Å². The zero-order chi connectivity index (χ0) is 18.0. The number of anilines is 2. The molecule has 0 atom stereocenters. The molecule has 0 spiro atoms. The van der Waals surface area contributed by atoms with Crippen molar-refractivity contribution >= 4 is 17.4 Å². The van der Waals surface area contributed by atoms with E-state index in [1.54, 1.807) is 6.20 Å². The Hall–Kier alpha value is -2.63. The van der Waals surface area contributed by atoms with Gasteiger partial charge in [-0.3, -0.25) is 4.79 Å². The number of aromatic nitrogens is 2. The first-order valence-corrected chi connectivity index (χ1v) is 8.57. The highest BCUT2D eigenvalue weighted by atomic mass is 16.2. The van der Waals surface area contributed by atoms with Crippen molar-refractivity contribution in [1.82, 2.24) is 15.1 Å². The molecule has 0 aliphatic carbocycles. The van der Waals surface area contributed by atoms with Crippen molar-refractivity contribution in [2.24, 2.45) is 0 Å². The van der Waals surface area contributed by atoms with Gasteiger partial charge in [-0.05, 0) is 37.1 Å². The Labute approximate surface area is 149 Å². The van der Waals surface area contributed by atoms with Gasteiger partial charge in [-0.25, -0.2) is 0 Å². The van der Waals surface area contributed by atoms with E-state index in [1.807, 2.05) is 55.1 Å². The van der Waals surface area contributed by atoms with Gasteiger partial charge < -0.3 is 14.7 Å². The van der Waals surface area contributed by atoms with Crippen LogP contribution in [0.15, 0.2) is 30.5 Å². The average Bonchev–Trinajstić information content (AvgIpc) is 2.63. The van der Waals surface area contributed by atoms with Crippen molar-refractivity contribution in [3.05, 3.63) is 47.2 Å². The first-order valence-electron chi connectivity index (χ1n) is 8.57. The fourth-order valence-electron chi connectivity index (χ4n) is 2.94. The maximum atomic E-state index is 12.7. The van der Waals surface area contributed by atoms with Crippen LogP contribution in [0.5, 0.6) is 0 Å². The second-order valence-electron chi connectivity index (χ2n) is 6.74. The highest BCUT2D eigenvalue weighted by Gasteiger charge is 2.23. The summed E-state index contributed by atoms with van der Waals surface area (Å²) >= 11 is 0. The van der Waals surface area contributed by atoms with Crippen molar-refractivity contribution in [1.29, 1.82) is 0 Å². The van der Waals surface area contributed by atoms with Gasteiger partial charge in [0.1, 0.15) is 0 Å². The molecule has 0 bridgehead atoms. The van der Waals surface area contributed by atoms with Crippen LogP contribution in [0.1, 0.15) is 21.5 Å². The average molecular weight is 339 g/mol. The molecule has 2 heterocycles. The van der Waals surface area contributed by atoms with Crippen LogP contribution in [0, 0.1) is 13.8 Å². The van der Waals surface area contributed by atoms with E-state index in [-0.39, 0.29) is 5.91 Å². The molecule has 6 nitrogen and oxygen atoms in total. The summed E-state index contributed by atoms with van der Waals surface area (Å²) in [4.78, 5) is 18.8. The van der Waals surface area contributed by atoms with Gasteiger partial charge >= 0.3 is 0 Å². The molecule has 25 heavy (non-hydrogen) atoms. The fraction of sp³-hybridized carbons (Fsp3) is 0.421. The minimum atomic E-state index is 0.107. The standard InChI is InChI=1S/C19H25N5O/c1-14-5-6-16(11-15(14)2)19(25)24-9-7-23(8-10-24)18-12-17(22(3)4)13-20-21-18/h5-6,11-13H,7-10H2,1-4H3. The van der Waals surface area contributed by atoms with Crippen molar-refractivity contribution in [3.63, 3.8) is 0 Å². The molecular weight excluding hydrogens is 314 g/mol. The number of carbonyl (C=O) groups is 1. The minimum absolute atomic E-state index is 0.107. The molecule has 3 rings (SSSR count). The Kier molecular flexibility index (Phi) is 4.88. The molecule has 1 saturated heterocycles. The van der Waals surface area contributed by atoms with Crippen LogP contribution in [0.25, 0.3) is 0 Å². The molecule has 0 radical (unpaired) electrons. The van der Waals surface area contributed by atoms with Crippen LogP contribution in [0.3, 0.4) is 0 Å². The summed E-state index contributed by atoms with van der Waals surface area (Å²) < 4.78 is 0. The van der Waals surface area contributed by atoms with E-state index >= 15 is 0 Å². The maximum Gasteiger partial charge on any atom is 0.253 e. The van der Waals surface area contributed by atoms with Gasteiger partial charge in [0.05, 0.1) is 11.9 Å². The molecule has 0 saturated carbocycles. The Balaban J connectivity index is 1.66. The number of aryl methyl sites for hydroxylation is 2. The normalized spacial score (nSPS) is 14.6.